The van der Waals surface area contributed by atoms with Gasteiger partial charge in [0, 0.05) is 10.8 Å². The summed E-state index contributed by atoms with van der Waals surface area (Å²) in [5.41, 5.74) is 0. The molecule has 1 rings (SSSR count). The van der Waals surface area contributed by atoms with Gasteiger partial charge in [-0.1, -0.05) is 18.5 Å². The largest absolute Gasteiger partial charge is 0.393 e. The summed E-state index contributed by atoms with van der Waals surface area (Å²) in [6, 6.07) is 1.86. The number of rotatable bonds is 2. The van der Waals surface area contributed by atoms with Gasteiger partial charge in [0.25, 0.3) is 0 Å². The summed E-state index contributed by atoms with van der Waals surface area (Å²) in [6.07, 6.45) is -0.328. The minimum absolute atomic E-state index is 0.141. The molecule has 1 nitrogen and oxygen atoms in total. The van der Waals surface area contributed by atoms with Crippen molar-refractivity contribution in [2.24, 2.45) is 0 Å². The monoisotopic (exact) mass is 190 g/mol. The summed E-state index contributed by atoms with van der Waals surface area (Å²) in [5.74, 6) is 0.141. The van der Waals surface area contributed by atoms with Gasteiger partial charge in [-0.3, -0.25) is 0 Å². The van der Waals surface area contributed by atoms with E-state index in [0.717, 1.165) is 9.90 Å². The normalized spacial score (nSPS) is 16.4. The molecule has 0 aliphatic carbocycles. The molecule has 0 spiro atoms. The predicted octanol–water partition coefficient (Wildman–Crippen LogP) is 2.89. The van der Waals surface area contributed by atoms with Crippen molar-refractivity contribution in [2.45, 2.75) is 25.9 Å². The van der Waals surface area contributed by atoms with Crippen molar-refractivity contribution in [3.05, 3.63) is 21.3 Å². The second kappa shape index (κ2) is 3.57. The molecule has 3 heteroatoms. The lowest BCUT2D eigenvalue weighted by atomic mass is 10.1. The van der Waals surface area contributed by atoms with Crippen molar-refractivity contribution in [3.8, 4) is 0 Å². The third-order valence-corrected chi connectivity index (χ3v) is 3.34. The Morgan fingerprint density at radius 2 is 2.18 bits per heavy atom. The van der Waals surface area contributed by atoms with Crippen LogP contribution in [0.3, 0.4) is 0 Å². The Morgan fingerprint density at radius 3 is 2.55 bits per heavy atom. The molecule has 0 fully saturated rings. The number of aliphatic hydroxyl groups is 1. The Balaban J connectivity index is 2.84. The van der Waals surface area contributed by atoms with Gasteiger partial charge < -0.3 is 5.11 Å². The van der Waals surface area contributed by atoms with Crippen molar-refractivity contribution in [2.75, 3.05) is 0 Å². The maximum Gasteiger partial charge on any atom is 0.0586 e. The van der Waals surface area contributed by atoms with E-state index in [0.29, 0.717) is 0 Å². The highest BCUT2D eigenvalue weighted by atomic mass is 35.5. The maximum atomic E-state index is 9.27. The summed E-state index contributed by atoms with van der Waals surface area (Å²) in [6.45, 7) is 3.75. The fraction of sp³-hybridized carbons (Fsp3) is 0.500. The van der Waals surface area contributed by atoms with E-state index in [4.69, 9.17) is 11.6 Å². The standard InChI is InChI=1S/C8H11ClOS/c1-5(6(2)10)8-7(9)3-4-11-8/h3-6,10H,1-2H3. The minimum atomic E-state index is -0.328. The maximum absolute atomic E-state index is 9.27. The minimum Gasteiger partial charge on any atom is -0.393 e. The van der Waals surface area contributed by atoms with Crippen LogP contribution in [0.5, 0.6) is 0 Å². The Kier molecular flexibility index (Phi) is 2.93. The van der Waals surface area contributed by atoms with Crippen LogP contribution >= 0.6 is 22.9 Å². The van der Waals surface area contributed by atoms with Gasteiger partial charge in [0.2, 0.25) is 0 Å². The molecule has 1 aromatic heterocycles. The van der Waals surface area contributed by atoms with Gasteiger partial charge in [0.05, 0.1) is 11.1 Å². The molecule has 1 N–H and O–H groups in total. The van der Waals surface area contributed by atoms with E-state index >= 15 is 0 Å². The van der Waals surface area contributed by atoms with Crippen LogP contribution in [0.15, 0.2) is 11.4 Å². The van der Waals surface area contributed by atoms with Crippen molar-refractivity contribution >= 4 is 22.9 Å². The molecule has 0 aliphatic heterocycles. The highest BCUT2D eigenvalue weighted by Gasteiger charge is 2.15. The topological polar surface area (TPSA) is 20.2 Å². The van der Waals surface area contributed by atoms with Crippen LogP contribution in [0.1, 0.15) is 24.6 Å². The lowest BCUT2D eigenvalue weighted by Gasteiger charge is -2.12. The van der Waals surface area contributed by atoms with Crippen molar-refractivity contribution < 1.29 is 5.11 Å². The zero-order chi connectivity index (χ0) is 8.43. The highest BCUT2D eigenvalue weighted by molar-refractivity contribution is 7.10. The molecular formula is C8H11ClOS. The lowest BCUT2D eigenvalue weighted by molar-refractivity contribution is 0.170. The molecule has 11 heavy (non-hydrogen) atoms. The fourth-order valence-corrected chi connectivity index (χ4v) is 2.24. The lowest BCUT2D eigenvalue weighted by Crippen LogP contribution is -2.09. The van der Waals surface area contributed by atoms with E-state index < -0.39 is 0 Å². The zero-order valence-electron chi connectivity index (χ0n) is 6.54. The van der Waals surface area contributed by atoms with Crippen LogP contribution in [-0.4, -0.2) is 11.2 Å². The van der Waals surface area contributed by atoms with Gasteiger partial charge in [-0.25, -0.2) is 0 Å². The summed E-state index contributed by atoms with van der Waals surface area (Å²) >= 11 is 7.47. The molecule has 62 valence electrons. The molecular weight excluding hydrogens is 180 g/mol. The average molecular weight is 191 g/mol. The first-order valence-corrected chi connectivity index (χ1v) is 4.79. The van der Waals surface area contributed by atoms with Crippen molar-refractivity contribution in [1.82, 2.24) is 0 Å². The summed E-state index contributed by atoms with van der Waals surface area (Å²) in [7, 11) is 0. The number of hydrogen-bond acceptors (Lipinski definition) is 2. The Bertz CT molecular complexity index is 232. The Morgan fingerprint density at radius 1 is 1.55 bits per heavy atom. The van der Waals surface area contributed by atoms with Gasteiger partial charge in [0.1, 0.15) is 0 Å². The molecule has 1 aromatic rings. The number of hydrogen-bond donors (Lipinski definition) is 1. The van der Waals surface area contributed by atoms with Crippen LogP contribution in [0.2, 0.25) is 5.02 Å². The SMILES string of the molecule is CC(O)C(C)c1sccc1Cl. The molecule has 0 aromatic carbocycles. The first kappa shape index (κ1) is 9.04. The fourth-order valence-electron chi connectivity index (χ4n) is 0.849. The third-order valence-electron chi connectivity index (χ3n) is 1.78. The van der Waals surface area contributed by atoms with Crippen molar-refractivity contribution in [3.63, 3.8) is 0 Å². The third kappa shape index (κ3) is 1.95. The molecule has 0 saturated heterocycles. The van der Waals surface area contributed by atoms with Gasteiger partial charge in [0.15, 0.2) is 0 Å². The van der Waals surface area contributed by atoms with Gasteiger partial charge in [-0.15, -0.1) is 11.3 Å². The van der Waals surface area contributed by atoms with Gasteiger partial charge in [-0.2, -0.15) is 0 Å². The van der Waals surface area contributed by atoms with Crippen LogP contribution in [0.25, 0.3) is 0 Å². The molecule has 2 atom stereocenters. The molecule has 1 heterocycles. The van der Waals surface area contributed by atoms with E-state index in [1.807, 2.05) is 18.4 Å². The van der Waals surface area contributed by atoms with E-state index in [2.05, 4.69) is 0 Å². The smallest absolute Gasteiger partial charge is 0.0586 e. The van der Waals surface area contributed by atoms with E-state index in [1.54, 1.807) is 18.3 Å². The number of thiophene rings is 1. The Hall–Kier alpha value is -0.0500. The van der Waals surface area contributed by atoms with E-state index in [1.165, 1.54) is 0 Å². The molecule has 0 radical (unpaired) electrons. The van der Waals surface area contributed by atoms with Crippen LogP contribution < -0.4 is 0 Å². The van der Waals surface area contributed by atoms with Gasteiger partial charge >= 0.3 is 0 Å². The van der Waals surface area contributed by atoms with Crippen LogP contribution in [0.4, 0.5) is 0 Å². The number of aliphatic hydroxyl groups excluding tert-OH is 1. The first-order valence-electron chi connectivity index (χ1n) is 3.54. The first-order chi connectivity index (χ1) is 5.13. The summed E-state index contributed by atoms with van der Waals surface area (Å²) in [4.78, 5) is 1.07. The summed E-state index contributed by atoms with van der Waals surface area (Å²) in [5, 5.41) is 12.0. The Labute approximate surface area is 75.6 Å². The van der Waals surface area contributed by atoms with Crippen LogP contribution in [-0.2, 0) is 0 Å². The van der Waals surface area contributed by atoms with E-state index in [-0.39, 0.29) is 12.0 Å². The molecule has 0 saturated carbocycles. The van der Waals surface area contributed by atoms with E-state index in [9.17, 15) is 5.11 Å². The quantitative estimate of drug-likeness (QED) is 0.761. The average Bonchev–Trinajstić information content (AvgIpc) is 2.33. The van der Waals surface area contributed by atoms with Crippen LogP contribution in [0, 0.1) is 0 Å². The van der Waals surface area contributed by atoms with Crippen molar-refractivity contribution in [1.29, 1.82) is 0 Å². The second-order valence-corrected chi connectivity index (χ2v) is 4.02. The zero-order valence-corrected chi connectivity index (χ0v) is 8.12. The van der Waals surface area contributed by atoms with Gasteiger partial charge in [-0.05, 0) is 18.4 Å². The second-order valence-electron chi connectivity index (χ2n) is 2.66. The molecule has 0 aliphatic rings. The highest BCUT2D eigenvalue weighted by Crippen LogP contribution is 2.31. The molecule has 2 unspecified atom stereocenters. The predicted molar refractivity (Wildman–Crippen MR) is 49.4 cm³/mol. The summed E-state index contributed by atoms with van der Waals surface area (Å²) < 4.78 is 0. The molecule has 0 bridgehead atoms. The molecule has 0 amide bonds. The number of halogens is 1.